The van der Waals surface area contributed by atoms with Crippen LogP contribution < -0.4 is 4.74 Å². The van der Waals surface area contributed by atoms with Gasteiger partial charge in [0.05, 0.1) is 21.9 Å². The zero-order valence-electron chi connectivity index (χ0n) is 17.3. The van der Waals surface area contributed by atoms with Crippen LogP contribution >= 0.6 is 11.8 Å². The van der Waals surface area contributed by atoms with Crippen LogP contribution in [0.25, 0.3) is 6.08 Å². The van der Waals surface area contributed by atoms with Crippen LogP contribution in [0.2, 0.25) is 0 Å². The molecular weight excluding hydrogens is 463 g/mol. The number of rotatable bonds is 6. The Morgan fingerprint density at radius 2 is 1.71 bits per heavy atom. The van der Waals surface area contributed by atoms with Crippen molar-refractivity contribution in [3.05, 3.63) is 110 Å². The molecule has 0 radical (unpaired) electrons. The molecule has 0 aromatic heterocycles. The lowest BCUT2D eigenvalue weighted by molar-refractivity contribution is -0.384. The average Bonchev–Trinajstić information content (AvgIpc) is 3.09. The molecule has 0 unspecified atom stereocenters. The van der Waals surface area contributed by atoms with Crippen LogP contribution in [0, 0.1) is 15.9 Å². The Hall–Kier alpha value is -4.31. The van der Waals surface area contributed by atoms with Gasteiger partial charge in [-0.3, -0.25) is 24.6 Å². The fraction of sp³-hybridized carbons (Fsp3) is 0.0417. The molecule has 0 atom stereocenters. The Balaban J connectivity index is 1.42. The Morgan fingerprint density at radius 3 is 2.35 bits per heavy atom. The summed E-state index contributed by atoms with van der Waals surface area (Å²) < 4.78 is 19.2. The quantitative estimate of drug-likeness (QED) is 0.158. The molecule has 0 bridgehead atoms. The number of non-ortho nitro benzene ring substituents is 1. The number of hydrogen-bond acceptors (Lipinski definition) is 7. The first-order valence-electron chi connectivity index (χ1n) is 9.87. The number of nitrogens with zero attached hydrogens (tertiary/aromatic N) is 2. The molecule has 170 valence electrons. The molecule has 10 heteroatoms. The summed E-state index contributed by atoms with van der Waals surface area (Å²) >= 11 is 0.760. The fourth-order valence-electron chi connectivity index (χ4n) is 3.10. The molecule has 8 nitrogen and oxygen atoms in total. The Bertz CT molecular complexity index is 1320. The van der Waals surface area contributed by atoms with E-state index < -0.39 is 27.9 Å². The number of imide groups is 1. The van der Waals surface area contributed by atoms with E-state index in [1.54, 1.807) is 18.2 Å². The second kappa shape index (κ2) is 9.67. The second-order valence-electron chi connectivity index (χ2n) is 7.12. The molecule has 1 aliphatic rings. The Kier molecular flexibility index (Phi) is 6.51. The van der Waals surface area contributed by atoms with Gasteiger partial charge < -0.3 is 4.74 Å². The van der Waals surface area contributed by atoms with Crippen LogP contribution in [0.5, 0.6) is 5.75 Å². The number of hydrogen-bond donors (Lipinski definition) is 0. The minimum atomic E-state index is -0.683. The predicted molar refractivity (Wildman–Crippen MR) is 122 cm³/mol. The summed E-state index contributed by atoms with van der Waals surface area (Å²) in [4.78, 5) is 48.5. The van der Waals surface area contributed by atoms with Crippen molar-refractivity contribution in [2.75, 3.05) is 0 Å². The van der Waals surface area contributed by atoms with E-state index in [-0.39, 0.29) is 34.0 Å². The smallest absolute Gasteiger partial charge is 0.343 e. The molecule has 3 aromatic carbocycles. The van der Waals surface area contributed by atoms with Crippen molar-refractivity contribution < 1.29 is 28.4 Å². The van der Waals surface area contributed by atoms with Crippen molar-refractivity contribution in [3.8, 4) is 5.75 Å². The maximum absolute atomic E-state index is 13.9. The summed E-state index contributed by atoms with van der Waals surface area (Å²) in [5.41, 5.74) is 0.842. The molecule has 0 aliphatic carbocycles. The number of halogens is 1. The number of nitro benzene ring substituents is 1. The normalized spacial score (nSPS) is 14.5. The predicted octanol–water partition coefficient (Wildman–Crippen LogP) is 5.19. The Morgan fingerprint density at radius 1 is 1.03 bits per heavy atom. The summed E-state index contributed by atoms with van der Waals surface area (Å²) in [6.07, 6.45) is 1.52. The van der Waals surface area contributed by atoms with Crippen LogP contribution in [0.3, 0.4) is 0 Å². The maximum atomic E-state index is 13.9. The van der Waals surface area contributed by atoms with E-state index in [4.69, 9.17) is 4.74 Å². The van der Waals surface area contributed by atoms with Gasteiger partial charge in [0.1, 0.15) is 11.6 Å². The molecule has 1 heterocycles. The molecule has 4 rings (SSSR count). The van der Waals surface area contributed by atoms with Crippen molar-refractivity contribution in [1.29, 1.82) is 0 Å². The van der Waals surface area contributed by atoms with E-state index in [0.717, 1.165) is 16.7 Å². The third-order valence-electron chi connectivity index (χ3n) is 4.86. The number of ether oxygens (including phenoxy) is 1. The minimum Gasteiger partial charge on any atom is -0.423 e. The molecular formula is C24H15FN2O6S. The lowest BCUT2D eigenvalue weighted by Gasteiger charge is -2.12. The van der Waals surface area contributed by atoms with Crippen LogP contribution in [0.4, 0.5) is 14.9 Å². The third kappa shape index (κ3) is 5.02. The molecule has 3 aromatic rings. The van der Waals surface area contributed by atoms with E-state index in [9.17, 15) is 28.9 Å². The van der Waals surface area contributed by atoms with E-state index >= 15 is 0 Å². The lowest BCUT2D eigenvalue weighted by atomic mass is 10.2. The number of thioether (sulfide) groups is 1. The first-order valence-corrected chi connectivity index (χ1v) is 10.7. The summed E-state index contributed by atoms with van der Waals surface area (Å²) in [5.74, 6) is -1.47. The highest BCUT2D eigenvalue weighted by Gasteiger charge is 2.35. The summed E-state index contributed by atoms with van der Waals surface area (Å²) in [6.45, 7) is -0.161. The van der Waals surface area contributed by atoms with Gasteiger partial charge in [-0.1, -0.05) is 30.3 Å². The number of carbonyl (C=O) groups is 3. The van der Waals surface area contributed by atoms with Gasteiger partial charge in [0.25, 0.3) is 16.8 Å². The van der Waals surface area contributed by atoms with Gasteiger partial charge in [-0.05, 0) is 53.7 Å². The maximum Gasteiger partial charge on any atom is 0.343 e. The molecule has 1 aliphatic heterocycles. The minimum absolute atomic E-state index is 0.140. The van der Waals surface area contributed by atoms with Crippen LogP contribution in [-0.4, -0.2) is 26.9 Å². The first-order chi connectivity index (χ1) is 16.3. The fourth-order valence-corrected chi connectivity index (χ4v) is 3.94. The monoisotopic (exact) mass is 478 g/mol. The summed E-state index contributed by atoms with van der Waals surface area (Å²) in [7, 11) is 0. The van der Waals surface area contributed by atoms with Gasteiger partial charge in [-0.15, -0.1) is 0 Å². The van der Waals surface area contributed by atoms with Crippen molar-refractivity contribution in [2.24, 2.45) is 0 Å². The van der Waals surface area contributed by atoms with Crippen molar-refractivity contribution >= 4 is 40.6 Å². The molecule has 34 heavy (non-hydrogen) atoms. The van der Waals surface area contributed by atoms with Gasteiger partial charge >= 0.3 is 5.97 Å². The van der Waals surface area contributed by atoms with Crippen LogP contribution in [0.1, 0.15) is 21.5 Å². The van der Waals surface area contributed by atoms with Crippen molar-refractivity contribution in [3.63, 3.8) is 0 Å². The van der Waals surface area contributed by atoms with Crippen LogP contribution in [-0.2, 0) is 11.3 Å². The second-order valence-corrected chi connectivity index (χ2v) is 8.11. The molecule has 2 amide bonds. The van der Waals surface area contributed by atoms with Crippen LogP contribution in [0.15, 0.2) is 77.7 Å². The largest absolute Gasteiger partial charge is 0.423 e. The summed E-state index contributed by atoms with van der Waals surface area (Å²) in [6, 6.07) is 17.2. The highest BCUT2D eigenvalue weighted by atomic mass is 32.2. The van der Waals surface area contributed by atoms with Gasteiger partial charge in [-0.25, -0.2) is 9.18 Å². The molecule has 1 fully saturated rings. The molecule has 0 spiro atoms. The Labute approximate surface area is 196 Å². The van der Waals surface area contributed by atoms with E-state index in [1.165, 1.54) is 60.7 Å². The zero-order valence-corrected chi connectivity index (χ0v) is 18.2. The summed E-state index contributed by atoms with van der Waals surface area (Å²) in [5, 5.41) is 10.2. The standard InChI is InChI=1S/C24H15FN2O6S/c25-20-4-2-1-3-17(20)14-26-22(28)21(34-24(26)30)13-15-5-11-19(12-6-15)33-23(29)16-7-9-18(10-8-16)27(31)32/h1-13H,14H2/b21-13-. The highest BCUT2D eigenvalue weighted by Crippen LogP contribution is 2.33. The van der Waals surface area contributed by atoms with Crippen molar-refractivity contribution in [2.45, 2.75) is 6.54 Å². The van der Waals surface area contributed by atoms with Gasteiger partial charge in [0.2, 0.25) is 0 Å². The van der Waals surface area contributed by atoms with Gasteiger partial charge in [-0.2, -0.15) is 0 Å². The van der Waals surface area contributed by atoms with E-state index in [1.807, 2.05) is 0 Å². The number of nitro groups is 1. The van der Waals surface area contributed by atoms with Crippen molar-refractivity contribution in [1.82, 2.24) is 4.90 Å². The number of benzene rings is 3. The van der Waals surface area contributed by atoms with E-state index in [0.29, 0.717) is 5.56 Å². The first kappa shape index (κ1) is 22.9. The number of esters is 1. The number of carbonyl (C=O) groups excluding carboxylic acids is 3. The lowest BCUT2D eigenvalue weighted by Crippen LogP contribution is -2.27. The number of amides is 2. The third-order valence-corrected chi connectivity index (χ3v) is 5.77. The zero-order chi connectivity index (χ0) is 24.2. The SMILES string of the molecule is O=C(Oc1ccc(/C=C2\SC(=O)N(Cc3ccccc3F)C2=O)cc1)c1ccc([N+](=O)[O-])cc1. The topological polar surface area (TPSA) is 107 Å². The van der Waals surface area contributed by atoms with Gasteiger partial charge in [0, 0.05) is 17.7 Å². The van der Waals surface area contributed by atoms with E-state index in [2.05, 4.69) is 0 Å². The highest BCUT2D eigenvalue weighted by molar-refractivity contribution is 8.18. The average molecular weight is 478 g/mol. The molecule has 0 saturated carbocycles. The molecule has 1 saturated heterocycles. The van der Waals surface area contributed by atoms with Gasteiger partial charge in [0.15, 0.2) is 0 Å². The molecule has 0 N–H and O–H groups in total.